The van der Waals surface area contributed by atoms with Gasteiger partial charge >= 0.3 is 23.1 Å². The van der Waals surface area contributed by atoms with Crippen LogP contribution < -0.4 is 0 Å². The number of rotatable bonds is 0. The lowest BCUT2D eigenvalue weighted by molar-refractivity contribution is -0.317. The first-order chi connectivity index (χ1) is 1.41. The maximum absolute atomic E-state index is 9.12. The van der Waals surface area contributed by atoms with Crippen LogP contribution in [0.15, 0.2) is 0 Å². The standard InChI is InChI=1S/Al.F2O.Mg.5H/c;1-3-2;;;;;;. The van der Waals surface area contributed by atoms with Gasteiger partial charge in [0, 0.05) is 5.15 Å². The molecule has 0 aromatic carbocycles. The topological polar surface area (TPSA) is 9.23 Å². The maximum Gasteiger partial charge on any atom is 0.316 e. The summed E-state index contributed by atoms with van der Waals surface area (Å²) in [6, 6.07) is 0. The van der Waals surface area contributed by atoms with Gasteiger partial charge in [-0.3, -0.25) is 0 Å². The van der Waals surface area contributed by atoms with Crippen LogP contribution in [0.3, 0.4) is 0 Å². The van der Waals surface area contributed by atoms with Crippen molar-refractivity contribution in [1.29, 1.82) is 0 Å². The molecule has 0 N–H and O–H groups in total. The molecule has 0 aliphatic heterocycles. The second-order valence-corrected chi connectivity index (χ2v) is 0.0583. The summed E-state index contributed by atoms with van der Waals surface area (Å²) in [6.45, 7) is 0. The van der Waals surface area contributed by atoms with E-state index in [0.717, 1.165) is 0 Å². The molecule has 1 nitrogen and oxygen atoms in total. The van der Waals surface area contributed by atoms with Crippen LogP contribution in [0.25, 0.3) is 0 Å². The van der Waals surface area contributed by atoms with Crippen molar-refractivity contribution in [3.8, 4) is 0 Å². The monoisotopic (exact) mass is 110 g/mol. The summed E-state index contributed by atoms with van der Waals surface area (Å²) in [5.74, 6) is 0. The first-order valence-electron chi connectivity index (χ1n) is 0.309. The van der Waals surface area contributed by atoms with E-state index in [2.05, 4.69) is 0 Å². The zero-order valence-corrected chi connectivity index (χ0v) is 1.16. The van der Waals surface area contributed by atoms with Crippen LogP contribution in [0.4, 0.5) is 9.05 Å². The van der Waals surface area contributed by atoms with E-state index in [-0.39, 0.29) is 40.4 Å². The van der Waals surface area contributed by atoms with E-state index in [4.69, 9.17) is 9.05 Å². The fourth-order valence-electron chi connectivity index (χ4n) is 0. The van der Waals surface area contributed by atoms with Gasteiger partial charge in [0.15, 0.2) is 17.4 Å². The summed E-state index contributed by atoms with van der Waals surface area (Å²) in [6.07, 6.45) is 0. The van der Waals surface area contributed by atoms with Crippen molar-refractivity contribution in [2.45, 2.75) is 0 Å². The second kappa shape index (κ2) is 19.3. The molecule has 0 aliphatic rings. The van der Waals surface area contributed by atoms with Crippen LogP contribution in [-0.2, 0) is 5.15 Å². The molecule has 0 fully saturated rings. The third-order valence-corrected chi connectivity index (χ3v) is 0. The Morgan fingerprint density at radius 1 is 1.20 bits per heavy atom. The minimum absolute atomic E-state index is 0. The average Bonchev–Trinajstić information content (AvgIpc) is 0.918. The van der Waals surface area contributed by atoms with Crippen molar-refractivity contribution in [3.63, 3.8) is 0 Å². The summed E-state index contributed by atoms with van der Waals surface area (Å²) < 4.78 is 18.2. The van der Waals surface area contributed by atoms with Crippen LogP contribution in [0.5, 0.6) is 0 Å². The van der Waals surface area contributed by atoms with Gasteiger partial charge in [-0.05, 0) is 9.05 Å². The number of hydrogen-bond acceptors (Lipinski definition) is 1. The van der Waals surface area contributed by atoms with Crippen molar-refractivity contribution < 1.29 is 14.2 Å². The van der Waals surface area contributed by atoms with Crippen LogP contribution >= 0.6 is 0 Å². The lowest BCUT2D eigenvalue weighted by atomic mass is 15.4. The van der Waals surface area contributed by atoms with Gasteiger partial charge in [0.2, 0.25) is 0 Å². The van der Waals surface area contributed by atoms with Gasteiger partial charge in [0.1, 0.15) is 0 Å². The minimum atomic E-state index is 0. The van der Waals surface area contributed by atoms with Gasteiger partial charge in [-0.25, -0.2) is 0 Å². The maximum atomic E-state index is 9.12. The first-order valence-corrected chi connectivity index (χ1v) is 0.309. The third kappa shape index (κ3) is 39.8. The van der Waals surface area contributed by atoms with Gasteiger partial charge in [-0.15, -0.1) is 0 Å². The molecule has 0 saturated heterocycles. The molecule has 0 heterocycles. The molecule has 30 valence electrons. The highest BCUT2D eigenvalue weighted by Gasteiger charge is 1.42. The molecule has 0 aromatic heterocycles. The molecule has 5 heteroatoms. The fourth-order valence-corrected chi connectivity index (χ4v) is 0. The predicted octanol–water partition coefficient (Wildman–Crippen LogP) is -1.33. The Balaban J connectivity index is -0.0000000200. The molecule has 0 spiro atoms. The zero-order chi connectivity index (χ0) is 2.71. The Morgan fingerprint density at radius 3 is 1.20 bits per heavy atom. The van der Waals surface area contributed by atoms with E-state index < -0.39 is 0 Å². The molecule has 0 unspecified atom stereocenters. The van der Waals surface area contributed by atoms with E-state index in [1.165, 1.54) is 5.15 Å². The van der Waals surface area contributed by atoms with Crippen LogP contribution in [0.1, 0.15) is 0 Å². The highest BCUT2D eigenvalue weighted by atomic mass is 27.0. The van der Waals surface area contributed by atoms with Crippen molar-refractivity contribution in [1.82, 2.24) is 0 Å². The molecule has 0 radical (unpaired) electrons. The van der Waals surface area contributed by atoms with Gasteiger partial charge in [0.05, 0.1) is 0 Å². The summed E-state index contributed by atoms with van der Waals surface area (Å²) in [5.41, 5.74) is 0. The quantitative estimate of drug-likeness (QED) is 0.351. The predicted molar refractivity (Wildman–Crippen MR) is 21.8 cm³/mol. The molecule has 0 aromatic rings. The molecule has 0 bridgehead atoms. The minimum Gasteiger partial charge on any atom is -0.0104 e. The summed E-state index contributed by atoms with van der Waals surface area (Å²) >= 11 is 0. The van der Waals surface area contributed by atoms with E-state index in [1.54, 1.807) is 0 Å². The Labute approximate surface area is 54.8 Å². The normalized spacial score (nSPS) is 3.60. The molecule has 0 saturated carbocycles. The Hall–Kier alpha value is 1.12. The van der Waals surface area contributed by atoms with Crippen LogP contribution in [0.2, 0.25) is 0 Å². The van der Waals surface area contributed by atoms with Crippen LogP contribution in [-0.4, -0.2) is 40.4 Å². The largest absolute Gasteiger partial charge is 0.316 e. The summed E-state index contributed by atoms with van der Waals surface area (Å²) in [5, 5.41) is 1.25. The molecule has 0 aliphatic carbocycles. The third-order valence-electron chi connectivity index (χ3n) is 0. The Bertz CT molecular complexity index is 9.61. The van der Waals surface area contributed by atoms with Crippen LogP contribution in [0, 0.1) is 0 Å². The van der Waals surface area contributed by atoms with Crippen molar-refractivity contribution >= 4 is 40.4 Å². The summed E-state index contributed by atoms with van der Waals surface area (Å²) in [4.78, 5) is 0. The average molecular weight is 110 g/mol. The van der Waals surface area contributed by atoms with Gasteiger partial charge in [0.25, 0.3) is 0 Å². The molecule has 5 heavy (non-hydrogen) atoms. The Kier molecular flexibility index (Phi) is 63.8. The molecule has 0 atom stereocenters. The fraction of sp³-hybridized carbons (Fsp3) is 0. The van der Waals surface area contributed by atoms with E-state index in [0.29, 0.717) is 0 Å². The molecule has 0 rings (SSSR count). The van der Waals surface area contributed by atoms with E-state index in [9.17, 15) is 0 Å². The smallest absolute Gasteiger partial charge is 0.0104 e. The van der Waals surface area contributed by atoms with Crippen molar-refractivity contribution in [2.75, 3.05) is 0 Å². The van der Waals surface area contributed by atoms with E-state index >= 15 is 0 Å². The van der Waals surface area contributed by atoms with Crippen molar-refractivity contribution in [2.24, 2.45) is 0 Å². The van der Waals surface area contributed by atoms with Gasteiger partial charge < -0.3 is 0 Å². The number of hydrogen-bond donors (Lipinski definition) is 0. The highest BCUT2D eigenvalue weighted by molar-refractivity contribution is 5.76. The number of halogens is 2. The summed E-state index contributed by atoms with van der Waals surface area (Å²) in [7, 11) is 0. The lowest BCUT2D eigenvalue weighted by Crippen LogP contribution is -1.26. The van der Waals surface area contributed by atoms with Gasteiger partial charge in [-0.2, -0.15) is 0 Å². The lowest BCUT2D eigenvalue weighted by Gasteiger charge is -1.41. The SMILES string of the molecule is FOF.[AlH3].[MgH2]. The van der Waals surface area contributed by atoms with Gasteiger partial charge in [-0.1, -0.05) is 0 Å². The van der Waals surface area contributed by atoms with Crippen molar-refractivity contribution in [3.05, 3.63) is 0 Å². The highest BCUT2D eigenvalue weighted by Crippen LogP contribution is 1.61. The second-order valence-electron chi connectivity index (χ2n) is 0.0583. The zero-order valence-electron chi connectivity index (χ0n) is 1.16. The molecule has 0 amide bonds. The molecular weight excluding hydrogens is 105 g/mol. The first kappa shape index (κ1) is 16.5. The van der Waals surface area contributed by atoms with E-state index in [1.807, 2.05) is 0 Å². The Morgan fingerprint density at radius 2 is 1.20 bits per heavy atom. The molecular formula is H5AlF2MgO.